The van der Waals surface area contributed by atoms with Crippen molar-refractivity contribution in [3.63, 3.8) is 0 Å². The first-order chi connectivity index (χ1) is 9.13. The first-order valence-electron chi connectivity index (χ1n) is 6.39. The lowest BCUT2D eigenvalue weighted by Crippen LogP contribution is -2.07. The Hall–Kier alpha value is -1.55. The van der Waals surface area contributed by atoms with E-state index in [1.807, 2.05) is 42.8 Å². The van der Waals surface area contributed by atoms with Gasteiger partial charge >= 0.3 is 0 Å². The highest BCUT2D eigenvalue weighted by molar-refractivity contribution is 7.99. The second kappa shape index (κ2) is 6.06. The lowest BCUT2D eigenvalue weighted by atomic mass is 10.1. The van der Waals surface area contributed by atoms with E-state index in [9.17, 15) is 4.79 Å². The first-order valence-corrected chi connectivity index (χ1v) is 7.38. The summed E-state index contributed by atoms with van der Waals surface area (Å²) < 4.78 is 1.88. The Kier molecular flexibility index (Phi) is 4.43. The summed E-state index contributed by atoms with van der Waals surface area (Å²) in [6.07, 6.45) is 2.76. The van der Waals surface area contributed by atoms with Crippen molar-refractivity contribution in [2.24, 2.45) is 7.05 Å². The van der Waals surface area contributed by atoms with Crippen LogP contribution in [0.3, 0.4) is 0 Å². The SMILES string of the molecule is CCCSc1ncc(C(=O)c2ccc(C)cc2)n1C. The number of thioether (sulfide) groups is 1. The fourth-order valence-electron chi connectivity index (χ4n) is 1.78. The fourth-order valence-corrected chi connectivity index (χ4v) is 2.59. The smallest absolute Gasteiger partial charge is 0.211 e. The van der Waals surface area contributed by atoms with Crippen molar-refractivity contribution in [1.82, 2.24) is 9.55 Å². The average Bonchev–Trinajstić information content (AvgIpc) is 2.78. The first kappa shape index (κ1) is 13.9. The fraction of sp³-hybridized carbons (Fsp3) is 0.333. The second-order valence-electron chi connectivity index (χ2n) is 4.53. The molecule has 0 unspecified atom stereocenters. The van der Waals surface area contributed by atoms with Crippen LogP contribution in [0.25, 0.3) is 0 Å². The van der Waals surface area contributed by atoms with Gasteiger partial charge in [-0.15, -0.1) is 0 Å². The summed E-state index contributed by atoms with van der Waals surface area (Å²) in [5, 5.41) is 0.900. The number of imidazole rings is 1. The molecule has 1 aromatic carbocycles. The molecule has 0 radical (unpaired) electrons. The number of hydrogen-bond acceptors (Lipinski definition) is 3. The molecule has 0 amide bonds. The lowest BCUT2D eigenvalue weighted by molar-refractivity contribution is 0.103. The van der Waals surface area contributed by atoms with E-state index in [0.717, 1.165) is 22.9 Å². The van der Waals surface area contributed by atoms with Gasteiger partial charge in [0.1, 0.15) is 5.69 Å². The molecule has 0 aliphatic heterocycles. The van der Waals surface area contributed by atoms with E-state index >= 15 is 0 Å². The maximum atomic E-state index is 12.4. The van der Waals surface area contributed by atoms with Crippen LogP contribution in [0, 0.1) is 6.92 Å². The highest BCUT2D eigenvalue weighted by Crippen LogP contribution is 2.19. The number of aryl methyl sites for hydroxylation is 1. The van der Waals surface area contributed by atoms with E-state index < -0.39 is 0 Å². The molecule has 0 spiro atoms. The molecule has 0 saturated heterocycles. The van der Waals surface area contributed by atoms with Crippen LogP contribution in [0.1, 0.15) is 35.0 Å². The number of nitrogens with zero attached hydrogens (tertiary/aromatic N) is 2. The molecule has 3 nitrogen and oxygen atoms in total. The van der Waals surface area contributed by atoms with Crippen LogP contribution >= 0.6 is 11.8 Å². The normalized spacial score (nSPS) is 10.7. The molecule has 0 fully saturated rings. The van der Waals surface area contributed by atoms with Crippen molar-refractivity contribution in [2.75, 3.05) is 5.75 Å². The van der Waals surface area contributed by atoms with E-state index in [0.29, 0.717) is 11.3 Å². The summed E-state index contributed by atoms with van der Waals surface area (Å²) >= 11 is 1.68. The highest BCUT2D eigenvalue weighted by Gasteiger charge is 2.15. The largest absolute Gasteiger partial charge is 0.319 e. The Morgan fingerprint density at radius 3 is 2.63 bits per heavy atom. The van der Waals surface area contributed by atoms with E-state index in [4.69, 9.17) is 0 Å². The summed E-state index contributed by atoms with van der Waals surface area (Å²) in [7, 11) is 1.90. The molecule has 4 heteroatoms. The summed E-state index contributed by atoms with van der Waals surface area (Å²) in [4.78, 5) is 16.7. The van der Waals surface area contributed by atoms with Crippen LogP contribution in [0.5, 0.6) is 0 Å². The molecular weight excluding hydrogens is 256 g/mol. The van der Waals surface area contributed by atoms with E-state index in [-0.39, 0.29) is 5.78 Å². The van der Waals surface area contributed by atoms with Crippen LogP contribution in [0.2, 0.25) is 0 Å². The molecule has 0 aliphatic carbocycles. The predicted octanol–water partition coefficient (Wildman–Crippen LogP) is 3.46. The summed E-state index contributed by atoms with van der Waals surface area (Å²) in [5.74, 6) is 1.04. The second-order valence-corrected chi connectivity index (χ2v) is 5.59. The topological polar surface area (TPSA) is 34.9 Å². The molecule has 0 aliphatic rings. The minimum atomic E-state index is 0.0262. The Bertz CT molecular complexity index is 572. The number of ketones is 1. The number of benzene rings is 1. The van der Waals surface area contributed by atoms with Crippen molar-refractivity contribution < 1.29 is 4.79 Å². The van der Waals surface area contributed by atoms with E-state index in [1.54, 1.807) is 18.0 Å². The monoisotopic (exact) mass is 274 g/mol. The third-order valence-electron chi connectivity index (χ3n) is 2.93. The molecule has 0 N–H and O–H groups in total. The predicted molar refractivity (Wildman–Crippen MR) is 78.8 cm³/mol. The Labute approximate surface area is 118 Å². The molecule has 0 saturated carbocycles. The number of aromatic nitrogens is 2. The van der Waals surface area contributed by atoms with Crippen LogP contribution in [0.15, 0.2) is 35.6 Å². The van der Waals surface area contributed by atoms with Crippen LogP contribution < -0.4 is 0 Å². The summed E-state index contributed by atoms with van der Waals surface area (Å²) in [6.45, 7) is 4.14. The Morgan fingerprint density at radius 1 is 1.32 bits per heavy atom. The minimum Gasteiger partial charge on any atom is -0.319 e. The number of hydrogen-bond donors (Lipinski definition) is 0. The van der Waals surface area contributed by atoms with Crippen molar-refractivity contribution in [3.8, 4) is 0 Å². The third-order valence-corrected chi connectivity index (χ3v) is 4.18. The molecule has 1 aromatic heterocycles. The van der Waals surface area contributed by atoms with Gasteiger partial charge in [0.15, 0.2) is 5.16 Å². The highest BCUT2D eigenvalue weighted by atomic mass is 32.2. The summed E-state index contributed by atoms with van der Waals surface area (Å²) in [5.41, 5.74) is 2.50. The molecular formula is C15H18N2OS. The minimum absolute atomic E-state index is 0.0262. The van der Waals surface area contributed by atoms with Gasteiger partial charge in [0, 0.05) is 18.4 Å². The van der Waals surface area contributed by atoms with Gasteiger partial charge in [0.05, 0.1) is 6.20 Å². The lowest BCUT2D eigenvalue weighted by Gasteiger charge is -2.05. The van der Waals surface area contributed by atoms with Gasteiger partial charge in [-0.05, 0) is 13.3 Å². The van der Waals surface area contributed by atoms with E-state index in [1.165, 1.54) is 0 Å². The van der Waals surface area contributed by atoms with Gasteiger partial charge in [0.25, 0.3) is 0 Å². The van der Waals surface area contributed by atoms with Gasteiger partial charge in [-0.1, -0.05) is 48.5 Å². The van der Waals surface area contributed by atoms with Gasteiger partial charge in [-0.3, -0.25) is 4.79 Å². The van der Waals surface area contributed by atoms with Crippen molar-refractivity contribution in [2.45, 2.75) is 25.4 Å². The van der Waals surface area contributed by atoms with Crippen LogP contribution in [-0.2, 0) is 7.05 Å². The van der Waals surface area contributed by atoms with Gasteiger partial charge in [-0.25, -0.2) is 4.98 Å². The maximum Gasteiger partial charge on any atom is 0.211 e. The zero-order valence-electron chi connectivity index (χ0n) is 11.5. The van der Waals surface area contributed by atoms with Crippen LogP contribution in [-0.4, -0.2) is 21.1 Å². The zero-order chi connectivity index (χ0) is 13.8. The van der Waals surface area contributed by atoms with Gasteiger partial charge < -0.3 is 4.57 Å². The quantitative estimate of drug-likeness (QED) is 0.618. The van der Waals surface area contributed by atoms with Crippen LogP contribution in [0.4, 0.5) is 0 Å². The number of carbonyl (C=O) groups is 1. The molecule has 1 heterocycles. The maximum absolute atomic E-state index is 12.4. The van der Waals surface area contributed by atoms with Gasteiger partial charge in [0.2, 0.25) is 5.78 Å². The van der Waals surface area contributed by atoms with E-state index in [2.05, 4.69) is 11.9 Å². The van der Waals surface area contributed by atoms with Crippen molar-refractivity contribution in [3.05, 3.63) is 47.3 Å². The van der Waals surface area contributed by atoms with Crippen molar-refractivity contribution in [1.29, 1.82) is 0 Å². The molecule has 0 bridgehead atoms. The molecule has 0 atom stereocenters. The number of rotatable bonds is 5. The zero-order valence-corrected chi connectivity index (χ0v) is 12.3. The molecule has 2 rings (SSSR count). The Morgan fingerprint density at radius 2 is 2.00 bits per heavy atom. The average molecular weight is 274 g/mol. The van der Waals surface area contributed by atoms with Gasteiger partial charge in [-0.2, -0.15) is 0 Å². The standard InChI is InChI=1S/C15H18N2OS/c1-4-9-19-15-16-10-13(17(15)3)14(18)12-7-5-11(2)6-8-12/h5-8,10H,4,9H2,1-3H3. The van der Waals surface area contributed by atoms with Crippen molar-refractivity contribution >= 4 is 17.5 Å². The molecule has 100 valence electrons. The third kappa shape index (κ3) is 3.07. The summed E-state index contributed by atoms with van der Waals surface area (Å²) in [6, 6.07) is 7.64. The Balaban J connectivity index is 2.24. The number of carbonyl (C=O) groups excluding carboxylic acids is 1. The molecule has 19 heavy (non-hydrogen) atoms. The molecule has 2 aromatic rings.